The number of nitrogens with zero attached hydrogens (tertiary/aromatic N) is 8. The highest BCUT2D eigenvalue weighted by atomic mass is 35.5. The third-order valence-corrected chi connectivity index (χ3v) is 14.5. The number of aromatic nitrogens is 2. The van der Waals surface area contributed by atoms with Gasteiger partial charge in [-0.25, -0.2) is 14.8 Å². The van der Waals surface area contributed by atoms with Gasteiger partial charge in [-0.3, -0.25) is 34.3 Å². The van der Waals surface area contributed by atoms with Crippen LogP contribution in [0, 0.1) is 12.5 Å². The third kappa shape index (κ3) is 9.32. The number of benzene rings is 3. The Balaban J connectivity index is 0.708. The lowest BCUT2D eigenvalue weighted by Gasteiger charge is -2.43. The minimum Gasteiger partial charge on any atom is -0.484 e. The molecule has 5 aliphatic rings. The normalized spacial score (nSPS) is 21.0. The first kappa shape index (κ1) is 44.3. The zero-order valence-electron chi connectivity index (χ0n) is 37.3. The van der Waals surface area contributed by atoms with E-state index in [1.807, 2.05) is 49.5 Å². The number of piperazine rings is 1. The number of rotatable bonds is 11. The van der Waals surface area contributed by atoms with Crippen LogP contribution in [-0.2, 0) is 15.0 Å². The average Bonchev–Trinajstić information content (AvgIpc) is 3.57. The van der Waals surface area contributed by atoms with Crippen molar-refractivity contribution in [2.24, 2.45) is 5.92 Å². The highest BCUT2D eigenvalue weighted by Crippen LogP contribution is 2.37. The fraction of sp³-hybridized carbons (Fsp3) is 0.460. The first-order valence-electron chi connectivity index (χ1n) is 22.9. The first-order chi connectivity index (χ1) is 31.3. The summed E-state index contributed by atoms with van der Waals surface area (Å²) in [6.45, 7) is 22.4. The number of hydrogen-bond acceptors (Lipinski definition) is 11. The number of carbonyl (C=O) groups is 4. The van der Waals surface area contributed by atoms with Gasteiger partial charge in [0.1, 0.15) is 17.9 Å². The Hall–Kier alpha value is -5.88. The van der Waals surface area contributed by atoms with Gasteiger partial charge in [0.25, 0.3) is 11.8 Å². The monoisotopic (exact) mass is 897 g/mol. The molecular weight excluding hydrogens is 842 g/mol. The molecule has 4 saturated heterocycles. The van der Waals surface area contributed by atoms with Crippen molar-refractivity contribution in [1.82, 2.24) is 30.0 Å². The maximum absolute atomic E-state index is 13.4. The molecule has 0 bridgehead atoms. The van der Waals surface area contributed by atoms with E-state index in [2.05, 4.69) is 60.7 Å². The molecule has 9 rings (SSSR count). The summed E-state index contributed by atoms with van der Waals surface area (Å²) < 4.78 is 6.37. The Labute approximate surface area is 385 Å². The molecule has 0 spiro atoms. The van der Waals surface area contributed by atoms with E-state index in [9.17, 15) is 19.2 Å². The van der Waals surface area contributed by atoms with Crippen LogP contribution in [0.15, 0.2) is 72.9 Å². The summed E-state index contributed by atoms with van der Waals surface area (Å²) in [5, 5.41) is 2.82. The number of halogens is 1. The van der Waals surface area contributed by atoms with Crippen molar-refractivity contribution in [2.75, 3.05) is 68.7 Å². The van der Waals surface area contributed by atoms with E-state index in [4.69, 9.17) is 27.9 Å². The molecule has 0 saturated carbocycles. The summed E-state index contributed by atoms with van der Waals surface area (Å²) in [6, 6.07) is 20.6. The fourth-order valence-corrected chi connectivity index (χ4v) is 10.5. The molecule has 1 aromatic heterocycles. The molecule has 0 aliphatic carbocycles. The van der Waals surface area contributed by atoms with Crippen LogP contribution < -0.4 is 19.9 Å². The molecule has 65 heavy (non-hydrogen) atoms. The van der Waals surface area contributed by atoms with Gasteiger partial charge >= 0.3 is 0 Å². The molecule has 4 aromatic rings. The molecule has 2 unspecified atom stereocenters. The van der Waals surface area contributed by atoms with Crippen molar-refractivity contribution in [3.63, 3.8) is 0 Å². The van der Waals surface area contributed by atoms with Crippen LogP contribution in [0.4, 0.5) is 17.3 Å². The second-order valence-electron chi connectivity index (χ2n) is 18.7. The third-order valence-electron chi connectivity index (χ3n) is 14.3. The van der Waals surface area contributed by atoms with Crippen molar-refractivity contribution in [3.8, 4) is 5.75 Å². The maximum Gasteiger partial charge on any atom is 0.262 e. The average molecular weight is 899 g/mol. The van der Waals surface area contributed by atoms with E-state index in [1.165, 1.54) is 12.8 Å². The molecule has 338 valence electrons. The van der Waals surface area contributed by atoms with E-state index in [-0.39, 0.29) is 30.3 Å². The predicted octanol–water partition coefficient (Wildman–Crippen LogP) is 7.05. The minimum absolute atomic E-state index is 0.100. The summed E-state index contributed by atoms with van der Waals surface area (Å²) in [7, 11) is 0. The number of imide groups is 2. The minimum atomic E-state index is -0.963. The molecule has 6 heterocycles. The fourth-order valence-electron chi connectivity index (χ4n) is 10.3. The van der Waals surface area contributed by atoms with Crippen molar-refractivity contribution in [3.05, 3.63) is 117 Å². The molecule has 3 aromatic carbocycles. The lowest BCUT2D eigenvalue weighted by atomic mass is 9.78. The molecule has 4 amide bonds. The molecule has 5 aliphatic heterocycles. The van der Waals surface area contributed by atoms with Crippen LogP contribution in [0.3, 0.4) is 0 Å². The highest BCUT2D eigenvalue weighted by molar-refractivity contribution is 6.31. The van der Waals surface area contributed by atoms with Gasteiger partial charge in [-0.1, -0.05) is 43.6 Å². The summed E-state index contributed by atoms with van der Waals surface area (Å²) in [5.41, 5.74) is 4.65. The van der Waals surface area contributed by atoms with Gasteiger partial charge in [-0.05, 0) is 118 Å². The molecular formula is C50H56ClN9O5. The van der Waals surface area contributed by atoms with E-state index in [0.717, 1.165) is 111 Å². The smallest absolute Gasteiger partial charge is 0.262 e. The first-order valence-corrected chi connectivity index (χ1v) is 23.3. The van der Waals surface area contributed by atoms with E-state index in [1.54, 1.807) is 18.2 Å². The predicted molar refractivity (Wildman–Crippen MR) is 249 cm³/mol. The zero-order valence-corrected chi connectivity index (χ0v) is 38.1. The number of amides is 4. The maximum atomic E-state index is 13.4. The number of piperidine rings is 3. The molecule has 14 nitrogen and oxygen atoms in total. The summed E-state index contributed by atoms with van der Waals surface area (Å²) in [5.74, 6) is 0.248. The highest BCUT2D eigenvalue weighted by Gasteiger charge is 2.45. The van der Waals surface area contributed by atoms with Gasteiger partial charge in [0.15, 0.2) is 5.69 Å². The lowest BCUT2D eigenvalue weighted by Crippen LogP contribution is -2.54. The van der Waals surface area contributed by atoms with Crippen LogP contribution in [0.2, 0.25) is 5.02 Å². The number of ether oxygens (including phenoxy) is 1. The van der Waals surface area contributed by atoms with Gasteiger partial charge in [0.2, 0.25) is 17.8 Å². The SMILES string of the molecule is [C-]#[N+]c1cc(Cl)cc(C(C)(C)c2ccc(OC(C)c3ccnc(N4CCC(N5CCC(CN6CCN(c7ccc8c(c7)C(=O)N(C7CCC(=O)NC7=O)C8=O)CC6)CC5)CC4)n3)cc2)c1. The summed E-state index contributed by atoms with van der Waals surface area (Å²) in [6.07, 6.45) is 6.37. The topological polar surface area (TPSA) is 136 Å². The van der Waals surface area contributed by atoms with Gasteiger partial charge in [-0.2, -0.15) is 0 Å². The number of fused-ring (bicyclic) bond motifs is 1. The summed E-state index contributed by atoms with van der Waals surface area (Å²) in [4.78, 5) is 74.8. The zero-order chi connectivity index (χ0) is 45.4. The number of hydrogen-bond donors (Lipinski definition) is 1. The van der Waals surface area contributed by atoms with E-state index < -0.39 is 23.8 Å². The molecule has 4 fully saturated rings. The number of likely N-dealkylation sites (tertiary alicyclic amines) is 1. The Morgan fingerprint density at radius 1 is 0.815 bits per heavy atom. The molecule has 1 N–H and O–H groups in total. The van der Waals surface area contributed by atoms with E-state index >= 15 is 0 Å². The van der Waals surface area contributed by atoms with Crippen molar-refractivity contribution < 1.29 is 23.9 Å². The van der Waals surface area contributed by atoms with Gasteiger partial charge < -0.3 is 19.4 Å². The Morgan fingerprint density at radius 3 is 2.25 bits per heavy atom. The van der Waals surface area contributed by atoms with Crippen LogP contribution in [0.1, 0.15) is 103 Å². The molecule has 2 atom stereocenters. The largest absolute Gasteiger partial charge is 0.484 e. The van der Waals surface area contributed by atoms with Crippen LogP contribution in [0.25, 0.3) is 4.85 Å². The summed E-state index contributed by atoms with van der Waals surface area (Å²) >= 11 is 6.34. The Kier molecular flexibility index (Phi) is 12.6. The van der Waals surface area contributed by atoms with Crippen LogP contribution >= 0.6 is 11.6 Å². The number of nitrogens with one attached hydrogen (secondary N) is 1. The number of anilines is 2. The second-order valence-corrected chi connectivity index (χ2v) is 19.1. The van der Waals surface area contributed by atoms with Gasteiger partial charge in [0.05, 0.1) is 23.4 Å². The Morgan fingerprint density at radius 2 is 1.54 bits per heavy atom. The second kappa shape index (κ2) is 18.5. The van der Waals surface area contributed by atoms with Crippen molar-refractivity contribution in [1.29, 1.82) is 0 Å². The number of carbonyl (C=O) groups excluding carboxylic acids is 4. The molecule has 15 heteroatoms. The van der Waals surface area contributed by atoms with Gasteiger partial charge in [0, 0.05) is 80.6 Å². The van der Waals surface area contributed by atoms with E-state index in [0.29, 0.717) is 33.8 Å². The lowest BCUT2D eigenvalue weighted by molar-refractivity contribution is -0.136. The standard InChI is InChI=1S/C50H56ClN9O5/c1-32(65-40-8-5-34(6-9-40)50(2,3)35-27-36(51)29-37(28-35)52-4)43-13-18-53-49(54-43)59-21-16-38(17-22-59)57-19-14-33(15-20-57)31-56-23-25-58(26-24-56)39-7-10-41-42(30-39)48(64)60(47(41)63)44-11-12-45(61)55-46(44)62/h5-10,13,18,27-30,32-33,38,44H,11-12,14-17,19-26,31H2,1-3H3,(H,55,61,62). The van der Waals surface area contributed by atoms with Crippen molar-refractivity contribution in [2.45, 2.75) is 82.9 Å². The van der Waals surface area contributed by atoms with Gasteiger partial charge in [-0.15, -0.1) is 0 Å². The van der Waals surface area contributed by atoms with Crippen LogP contribution in [0.5, 0.6) is 5.75 Å². The van der Waals surface area contributed by atoms with Crippen molar-refractivity contribution >= 4 is 52.6 Å². The Bertz CT molecular complexity index is 2500. The quantitative estimate of drug-likeness (QED) is 0.123. The molecule has 0 radical (unpaired) electrons. The van der Waals surface area contributed by atoms with Crippen LogP contribution in [-0.4, -0.2) is 119 Å².